The van der Waals surface area contributed by atoms with Crippen LogP contribution in [0.3, 0.4) is 0 Å². The zero-order valence-electron chi connectivity index (χ0n) is 16.9. The lowest BCUT2D eigenvalue weighted by molar-refractivity contribution is -0.140. The summed E-state index contributed by atoms with van der Waals surface area (Å²) in [4.78, 5) is 25.7. The lowest BCUT2D eigenvalue weighted by Gasteiger charge is -2.14. The molecule has 4 unspecified atom stereocenters. The maximum atomic E-state index is 12.9. The van der Waals surface area contributed by atoms with Crippen LogP contribution in [0.5, 0.6) is 11.5 Å². The van der Waals surface area contributed by atoms with Gasteiger partial charge < -0.3 is 9.47 Å². The SMILES string of the molecule is COc1cccc(C=NN2C(=O)C3C4C=CC(C4)C3C2=O)c1OCc1ccc(Br)cc1. The van der Waals surface area contributed by atoms with Gasteiger partial charge in [-0.15, -0.1) is 0 Å². The second-order valence-electron chi connectivity index (χ2n) is 8.03. The smallest absolute Gasteiger partial charge is 0.254 e. The molecule has 2 aromatic rings. The van der Waals surface area contributed by atoms with Gasteiger partial charge >= 0.3 is 0 Å². The van der Waals surface area contributed by atoms with Crippen molar-refractivity contribution in [1.82, 2.24) is 5.01 Å². The molecule has 0 aromatic heterocycles. The summed E-state index contributed by atoms with van der Waals surface area (Å²) in [5.74, 6) is 0.446. The fraction of sp³-hybridized carbons (Fsp3) is 0.292. The number of ether oxygens (including phenoxy) is 2. The molecule has 2 aromatic carbocycles. The van der Waals surface area contributed by atoms with E-state index in [0.29, 0.717) is 23.7 Å². The number of hydrazone groups is 1. The zero-order chi connectivity index (χ0) is 21.5. The average Bonchev–Trinajstić information content (AvgIpc) is 3.46. The molecule has 0 N–H and O–H groups in total. The first-order chi connectivity index (χ1) is 15.1. The molecule has 0 spiro atoms. The van der Waals surface area contributed by atoms with Crippen LogP contribution in [0.4, 0.5) is 0 Å². The van der Waals surface area contributed by atoms with E-state index in [1.807, 2.05) is 36.4 Å². The Hall–Kier alpha value is -2.93. The Kier molecular flexibility index (Phi) is 5.14. The molecule has 31 heavy (non-hydrogen) atoms. The molecule has 2 amide bonds. The van der Waals surface area contributed by atoms with E-state index in [4.69, 9.17) is 9.47 Å². The van der Waals surface area contributed by atoms with E-state index in [1.165, 1.54) is 6.21 Å². The van der Waals surface area contributed by atoms with Crippen molar-refractivity contribution in [2.24, 2.45) is 28.8 Å². The van der Waals surface area contributed by atoms with Crippen molar-refractivity contribution in [3.8, 4) is 11.5 Å². The maximum Gasteiger partial charge on any atom is 0.254 e. The summed E-state index contributed by atoms with van der Waals surface area (Å²) in [6, 6.07) is 13.3. The molecule has 1 heterocycles. The first-order valence-electron chi connectivity index (χ1n) is 10.2. The highest BCUT2D eigenvalue weighted by Crippen LogP contribution is 2.52. The number of para-hydroxylation sites is 1. The highest BCUT2D eigenvalue weighted by atomic mass is 79.9. The lowest BCUT2D eigenvalue weighted by Crippen LogP contribution is -2.28. The quantitative estimate of drug-likeness (QED) is 0.353. The third kappa shape index (κ3) is 3.47. The van der Waals surface area contributed by atoms with E-state index in [9.17, 15) is 9.59 Å². The second-order valence-corrected chi connectivity index (χ2v) is 8.94. The third-order valence-electron chi connectivity index (χ3n) is 6.29. The van der Waals surface area contributed by atoms with Crippen LogP contribution in [0.15, 0.2) is 64.2 Å². The minimum Gasteiger partial charge on any atom is -0.493 e. The molecule has 5 rings (SSSR count). The summed E-state index contributed by atoms with van der Waals surface area (Å²) in [5, 5.41) is 5.32. The zero-order valence-corrected chi connectivity index (χ0v) is 18.5. The maximum absolute atomic E-state index is 12.9. The number of methoxy groups -OCH3 is 1. The highest BCUT2D eigenvalue weighted by molar-refractivity contribution is 9.10. The van der Waals surface area contributed by atoms with Gasteiger partial charge in [0.2, 0.25) is 0 Å². The monoisotopic (exact) mass is 480 g/mol. The molecule has 158 valence electrons. The summed E-state index contributed by atoms with van der Waals surface area (Å²) in [6.07, 6.45) is 6.54. The molecule has 7 heteroatoms. The highest BCUT2D eigenvalue weighted by Gasteiger charge is 2.59. The molecule has 1 saturated heterocycles. The number of hydrogen-bond donors (Lipinski definition) is 0. The number of carbonyl (C=O) groups is 2. The summed E-state index contributed by atoms with van der Waals surface area (Å²) in [5.41, 5.74) is 1.63. The van der Waals surface area contributed by atoms with Gasteiger partial charge in [0.15, 0.2) is 11.5 Å². The number of carbonyl (C=O) groups excluding carboxylic acids is 2. The lowest BCUT2D eigenvalue weighted by atomic mass is 9.85. The van der Waals surface area contributed by atoms with Gasteiger partial charge in [0, 0.05) is 10.0 Å². The molecule has 4 atom stereocenters. The van der Waals surface area contributed by atoms with E-state index in [-0.39, 0.29) is 35.5 Å². The number of benzene rings is 2. The summed E-state index contributed by atoms with van der Waals surface area (Å²) in [7, 11) is 1.57. The molecule has 1 aliphatic heterocycles. The predicted molar refractivity (Wildman–Crippen MR) is 119 cm³/mol. The normalized spacial score (nSPS) is 26.2. The van der Waals surface area contributed by atoms with Gasteiger partial charge in [-0.25, -0.2) is 0 Å². The molecule has 6 nitrogen and oxygen atoms in total. The van der Waals surface area contributed by atoms with E-state index < -0.39 is 0 Å². The number of fused-ring (bicyclic) bond motifs is 5. The molecular weight excluding hydrogens is 460 g/mol. The number of nitrogens with zero attached hydrogens (tertiary/aromatic N) is 2. The van der Waals surface area contributed by atoms with E-state index in [0.717, 1.165) is 21.5 Å². The van der Waals surface area contributed by atoms with Crippen molar-refractivity contribution >= 4 is 34.0 Å². The minimum absolute atomic E-state index is 0.160. The Morgan fingerprint density at radius 1 is 1.06 bits per heavy atom. The number of hydrogen-bond acceptors (Lipinski definition) is 5. The van der Waals surface area contributed by atoms with Gasteiger partial charge in [-0.05, 0) is 48.1 Å². The standard InChI is InChI=1S/C24H21BrN2O4/c1-30-19-4-2-3-17(22(19)31-13-14-5-9-18(25)10-6-14)12-26-27-23(28)20-15-7-8-16(11-15)21(20)24(27)29/h2-10,12,15-16,20-21H,11,13H2,1H3. The Morgan fingerprint density at radius 2 is 1.74 bits per heavy atom. The van der Waals surface area contributed by atoms with Gasteiger partial charge in [-0.1, -0.05) is 46.3 Å². The van der Waals surface area contributed by atoms with Gasteiger partial charge in [-0.3, -0.25) is 9.59 Å². The Labute approximate surface area is 188 Å². The van der Waals surface area contributed by atoms with Crippen LogP contribution in [0.25, 0.3) is 0 Å². The van der Waals surface area contributed by atoms with Crippen molar-refractivity contribution in [3.05, 3.63) is 70.2 Å². The van der Waals surface area contributed by atoms with Crippen molar-refractivity contribution < 1.29 is 19.1 Å². The van der Waals surface area contributed by atoms with Gasteiger partial charge in [0.05, 0.1) is 25.2 Å². The molecule has 1 saturated carbocycles. The number of imide groups is 1. The first-order valence-corrected chi connectivity index (χ1v) is 11.0. The molecular formula is C24H21BrN2O4. The number of rotatable bonds is 6. The van der Waals surface area contributed by atoms with Crippen LogP contribution in [-0.4, -0.2) is 30.1 Å². The Bertz CT molecular complexity index is 1070. The molecule has 3 aliphatic rings. The van der Waals surface area contributed by atoms with Crippen molar-refractivity contribution in [1.29, 1.82) is 0 Å². The Balaban J connectivity index is 1.38. The fourth-order valence-electron chi connectivity index (χ4n) is 4.81. The third-order valence-corrected chi connectivity index (χ3v) is 6.81. The van der Waals surface area contributed by atoms with E-state index >= 15 is 0 Å². The predicted octanol–water partition coefficient (Wildman–Crippen LogP) is 4.18. The fourth-order valence-corrected chi connectivity index (χ4v) is 5.07. The van der Waals surface area contributed by atoms with Crippen LogP contribution in [-0.2, 0) is 16.2 Å². The number of halogens is 1. The number of amides is 2. The van der Waals surface area contributed by atoms with Crippen LogP contribution >= 0.6 is 15.9 Å². The Morgan fingerprint density at radius 3 is 2.39 bits per heavy atom. The van der Waals surface area contributed by atoms with Gasteiger partial charge in [-0.2, -0.15) is 10.1 Å². The second kappa shape index (κ2) is 7.96. The average molecular weight is 481 g/mol. The van der Waals surface area contributed by atoms with Gasteiger partial charge in [0.25, 0.3) is 11.8 Å². The van der Waals surface area contributed by atoms with Crippen LogP contribution in [0, 0.1) is 23.7 Å². The summed E-state index contributed by atoms with van der Waals surface area (Å²) < 4.78 is 12.5. The van der Waals surface area contributed by atoms with E-state index in [1.54, 1.807) is 13.2 Å². The largest absolute Gasteiger partial charge is 0.493 e. The van der Waals surface area contributed by atoms with Crippen LogP contribution in [0.2, 0.25) is 0 Å². The van der Waals surface area contributed by atoms with Crippen molar-refractivity contribution in [2.75, 3.05) is 7.11 Å². The molecule has 2 aliphatic carbocycles. The van der Waals surface area contributed by atoms with Crippen molar-refractivity contribution in [3.63, 3.8) is 0 Å². The summed E-state index contributed by atoms with van der Waals surface area (Å²) in [6.45, 7) is 0.343. The van der Waals surface area contributed by atoms with Crippen LogP contribution < -0.4 is 9.47 Å². The van der Waals surface area contributed by atoms with Crippen molar-refractivity contribution in [2.45, 2.75) is 13.0 Å². The topological polar surface area (TPSA) is 68.2 Å². The summed E-state index contributed by atoms with van der Waals surface area (Å²) >= 11 is 3.43. The number of allylic oxidation sites excluding steroid dienone is 2. The molecule has 0 radical (unpaired) electrons. The first kappa shape index (κ1) is 20.0. The molecule has 2 fully saturated rings. The minimum atomic E-state index is -0.266. The van der Waals surface area contributed by atoms with Gasteiger partial charge in [0.1, 0.15) is 6.61 Å². The van der Waals surface area contributed by atoms with E-state index in [2.05, 4.69) is 33.2 Å². The van der Waals surface area contributed by atoms with Crippen LogP contribution in [0.1, 0.15) is 17.5 Å². The molecule has 2 bridgehead atoms.